The molecule has 0 saturated carbocycles. The number of hydrogen-bond acceptors (Lipinski definition) is 6. The van der Waals surface area contributed by atoms with Crippen molar-refractivity contribution in [2.75, 3.05) is 20.8 Å². The van der Waals surface area contributed by atoms with Crippen LogP contribution in [0.15, 0.2) is 11.1 Å². The molecule has 0 unspecified atom stereocenters. The van der Waals surface area contributed by atoms with Gasteiger partial charge < -0.3 is 14.2 Å². The van der Waals surface area contributed by atoms with E-state index in [2.05, 4.69) is 0 Å². The molecule has 2 atom stereocenters. The molecule has 1 aliphatic heterocycles. The van der Waals surface area contributed by atoms with Crippen molar-refractivity contribution < 1.29 is 28.6 Å². The molecule has 0 radical (unpaired) electrons. The molecule has 1 saturated heterocycles. The monoisotopic (exact) mass is 341 g/mol. The molecule has 0 aromatic rings. The maximum absolute atomic E-state index is 12.5. The van der Waals surface area contributed by atoms with Crippen molar-refractivity contribution in [2.45, 2.75) is 52.7 Å². The summed E-state index contributed by atoms with van der Waals surface area (Å²) in [7, 11) is 2.55. The van der Waals surface area contributed by atoms with E-state index in [4.69, 9.17) is 14.2 Å². The number of esters is 2. The Kier molecular flexibility index (Phi) is 6.40. The van der Waals surface area contributed by atoms with Crippen molar-refractivity contribution in [3.05, 3.63) is 11.1 Å². The lowest BCUT2D eigenvalue weighted by Crippen LogP contribution is -2.46. The Hall–Kier alpha value is -2.05. The first-order valence-corrected chi connectivity index (χ1v) is 7.82. The Balaban J connectivity index is 3.24. The maximum Gasteiger partial charge on any atom is 0.411 e. The second kappa shape index (κ2) is 7.68. The largest absolute Gasteiger partial charge is 0.469 e. The Bertz CT molecular complexity index is 542. The van der Waals surface area contributed by atoms with Crippen molar-refractivity contribution >= 4 is 18.0 Å². The van der Waals surface area contributed by atoms with Gasteiger partial charge >= 0.3 is 18.0 Å². The number of amides is 1. The average molecular weight is 341 g/mol. The van der Waals surface area contributed by atoms with Gasteiger partial charge in [-0.1, -0.05) is 5.57 Å². The van der Waals surface area contributed by atoms with Crippen molar-refractivity contribution in [3.63, 3.8) is 0 Å². The molecule has 1 amide bonds. The molecule has 136 valence electrons. The summed E-state index contributed by atoms with van der Waals surface area (Å²) in [6.07, 6.45) is -0.611. The van der Waals surface area contributed by atoms with Crippen LogP contribution in [0.2, 0.25) is 0 Å². The first kappa shape index (κ1) is 20.0. The molecule has 0 spiro atoms. The third kappa shape index (κ3) is 4.72. The van der Waals surface area contributed by atoms with E-state index in [-0.39, 0.29) is 13.0 Å². The maximum atomic E-state index is 12.5. The standard InChI is InChI=1S/C17H27NO6/c1-10(2)12-9-18(16(21)24-17(3,4)5)14(15(20)23-7)11(12)8-13(19)22-6/h11,14H,8-9H2,1-7H3/t11-,14-/m0/s1. The molecular formula is C17H27NO6. The van der Waals surface area contributed by atoms with Crippen LogP contribution in [0.25, 0.3) is 0 Å². The molecule has 1 aliphatic rings. The molecule has 0 aromatic heterocycles. The van der Waals surface area contributed by atoms with E-state index < -0.39 is 35.6 Å². The SMILES string of the molecule is COC(=O)C[C@H]1C(=C(C)C)CN(C(=O)OC(C)(C)C)[C@@H]1C(=O)OC. The van der Waals surface area contributed by atoms with Gasteiger partial charge in [-0.2, -0.15) is 0 Å². The summed E-state index contributed by atoms with van der Waals surface area (Å²) in [5.74, 6) is -1.51. The summed E-state index contributed by atoms with van der Waals surface area (Å²) in [6.45, 7) is 9.24. The first-order chi connectivity index (χ1) is 11.0. The quantitative estimate of drug-likeness (QED) is 0.445. The molecule has 1 fully saturated rings. The number of hydrogen-bond donors (Lipinski definition) is 0. The van der Waals surface area contributed by atoms with Crippen LogP contribution in [0.1, 0.15) is 41.0 Å². The van der Waals surface area contributed by atoms with Gasteiger partial charge in [0.1, 0.15) is 11.6 Å². The number of ether oxygens (including phenoxy) is 3. The molecule has 0 aromatic carbocycles. The fourth-order valence-corrected chi connectivity index (χ4v) is 2.74. The highest BCUT2D eigenvalue weighted by atomic mass is 16.6. The Labute approximate surface area is 142 Å². The van der Waals surface area contributed by atoms with Gasteiger partial charge in [0.15, 0.2) is 0 Å². The van der Waals surface area contributed by atoms with Gasteiger partial charge in [0.25, 0.3) is 0 Å². The average Bonchev–Trinajstić information content (AvgIpc) is 2.84. The van der Waals surface area contributed by atoms with Gasteiger partial charge in [-0.05, 0) is 40.2 Å². The minimum Gasteiger partial charge on any atom is -0.469 e. The highest BCUT2D eigenvalue weighted by molar-refractivity contribution is 5.85. The van der Waals surface area contributed by atoms with Crippen molar-refractivity contribution in [2.24, 2.45) is 5.92 Å². The lowest BCUT2D eigenvalue weighted by Gasteiger charge is -2.28. The van der Waals surface area contributed by atoms with Crippen molar-refractivity contribution in [1.82, 2.24) is 4.90 Å². The van der Waals surface area contributed by atoms with Crippen LogP contribution in [0.4, 0.5) is 4.79 Å². The summed E-state index contributed by atoms with van der Waals surface area (Å²) in [6, 6.07) is -0.908. The molecule has 0 aliphatic carbocycles. The second-order valence-electron chi connectivity index (χ2n) is 6.99. The number of methoxy groups -OCH3 is 2. The summed E-state index contributed by atoms with van der Waals surface area (Å²) >= 11 is 0. The zero-order chi connectivity index (χ0) is 18.7. The van der Waals surface area contributed by atoms with Crippen LogP contribution in [0, 0.1) is 5.92 Å². The number of allylic oxidation sites excluding steroid dienone is 1. The van der Waals surface area contributed by atoms with Crippen molar-refractivity contribution in [3.8, 4) is 0 Å². The van der Waals surface area contributed by atoms with Gasteiger partial charge in [-0.25, -0.2) is 9.59 Å². The molecule has 1 rings (SSSR count). The van der Waals surface area contributed by atoms with E-state index in [1.165, 1.54) is 19.1 Å². The fourth-order valence-electron chi connectivity index (χ4n) is 2.74. The van der Waals surface area contributed by atoms with Crippen LogP contribution >= 0.6 is 0 Å². The number of rotatable bonds is 3. The highest BCUT2D eigenvalue weighted by Gasteiger charge is 2.48. The van der Waals surface area contributed by atoms with E-state index in [1.807, 2.05) is 13.8 Å². The van der Waals surface area contributed by atoms with Crippen LogP contribution in [0.3, 0.4) is 0 Å². The summed E-state index contributed by atoms with van der Waals surface area (Å²) < 4.78 is 15.0. The molecule has 0 N–H and O–H groups in total. The molecule has 1 heterocycles. The van der Waals surface area contributed by atoms with Crippen LogP contribution in [-0.2, 0) is 23.8 Å². The molecular weight excluding hydrogens is 314 g/mol. The topological polar surface area (TPSA) is 82.1 Å². The fraction of sp³-hybridized carbons (Fsp3) is 0.706. The number of carbonyl (C=O) groups is 3. The van der Waals surface area contributed by atoms with Crippen LogP contribution in [0.5, 0.6) is 0 Å². The Morgan fingerprint density at radius 2 is 1.71 bits per heavy atom. The smallest absolute Gasteiger partial charge is 0.411 e. The number of likely N-dealkylation sites (tertiary alicyclic amines) is 1. The van der Waals surface area contributed by atoms with Crippen LogP contribution < -0.4 is 0 Å². The zero-order valence-electron chi connectivity index (χ0n) is 15.5. The van der Waals surface area contributed by atoms with E-state index in [9.17, 15) is 14.4 Å². The third-order valence-corrected chi connectivity index (χ3v) is 3.83. The predicted octanol–water partition coefficient (Wildman–Crippen LogP) is 2.29. The second-order valence-corrected chi connectivity index (χ2v) is 6.99. The summed E-state index contributed by atoms with van der Waals surface area (Å²) in [5, 5.41) is 0. The zero-order valence-corrected chi connectivity index (χ0v) is 15.5. The van der Waals surface area contributed by atoms with E-state index in [0.29, 0.717) is 0 Å². The molecule has 7 nitrogen and oxygen atoms in total. The lowest BCUT2D eigenvalue weighted by molar-refractivity contribution is -0.148. The molecule has 24 heavy (non-hydrogen) atoms. The van der Waals surface area contributed by atoms with E-state index in [1.54, 1.807) is 20.8 Å². The Morgan fingerprint density at radius 3 is 2.12 bits per heavy atom. The van der Waals surface area contributed by atoms with E-state index >= 15 is 0 Å². The Morgan fingerprint density at radius 1 is 1.12 bits per heavy atom. The van der Waals surface area contributed by atoms with Crippen molar-refractivity contribution in [1.29, 1.82) is 0 Å². The van der Waals surface area contributed by atoms with Gasteiger partial charge in [0.05, 0.1) is 20.6 Å². The van der Waals surface area contributed by atoms with Gasteiger partial charge in [0.2, 0.25) is 0 Å². The predicted molar refractivity (Wildman–Crippen MR) is 87.2 cm³/mol. The number of nitrogens with zero attached hydrogens (tertiary/aromatic N) is 1. The minimum absolute atomic E-state index is 0.00389. The summed E-state index contributed by atoms with van der Waals surface area (Å²) in [4.78, 5) is 37.9. The first-order valence-electron chi connectivity index (χ1n) is 7.82. The normalized spacial score (nSPS) is 20.6. The number of carbonyl (C=O) groups excluding carboxylic acids is 3. The molecule has 0 bridgehead atoms. The van der Waals surface area contributed by atoms with Gasteiger partial charge in [-0.3, -0.25) is 9.69 Å². The minimum atomic E-state index is -0.908. The van der Waals surface area contributed by atoms with Gasteiger partial charge in [-0.15, -0.1) is 0 Å². The highest BCUT2D eigenvalue weighted by Crippen LogP contribution is 2.36. The lowest BCUT2D eigenvalue weighted by atomic mass is 9.90. The molecule has 7 heteroatoms. The van der Waals surface area contributed by atoms with Crippen LogP contribution in [-0.4, -0.2) is 55.3 Å². The van der Waals surface area contributed by atoms with Gasteiger partial charge in [0, 0.05) is 12.5 Å². The third-order valence-electron chi connectivity index (χ3n) is 3.83. The summed E-state index contributed by atoms with van der Waals surface area (Å²) in [5.41, 5.74) is 1.11. The van der Waals surface area contributed by atoms with E-state index in [0.717, 1.165) is 11.1 Å².